The number of thiophene rings is 1. The summed E-state index contributed by atoms with van der Waals surface area (Å²) in [6.45, 7) is 4.65. The molecular weight excluding hydrogens is 462 g/mol. The predicted octanol–water partition coefficient (Wildman–Crippen LogP) is 5.22. The maximum absolute atomic E-state index is 14.1. The SMILES string of the molecule is CCC1(C(=O)NC2CCC(C)CC2)Cn2c(cc3sccc32)C(=O)N1c1ccc(OC)c(OC)c1. The maximum Gasteiger partial charge on any atom is 0.275 e. The molecule has 1 aromatic carbocycles. The summed E-state index contributed by atoms with van der Waals surface area (Å²) in [7, 11) is 3.15. The van der Waals surface area contributed by atoms with Gasteiger partial charge in [-0.3, -0.25) is 14.5 Å². The summed E-state index contributed by atoms with van der Waals surface area (Å²) in [5, 5.41) is 5.37. The van der Waals surface area contributed by atoms with Crippen molar-refractivity contribution in [3.63, 3.8) is 0 Å². The number of methoxy groups -OCH3 is 2. The van der Waals surface area contributed by atoms with Crippen LogP contribution in [0.2, 0.25) is 0 Å². The van der Waals surface area contributed by atoms with Crippen LogP contribution in [-0.2, 0) is 11.3 Å². The topological polar surface area (TPSA) is 72.8 Å². The number of carbonyl (C=O) groups excluding carboxylic acids is 2. The van der Waals surface area contributed by atoms with Crippen LogP contribution in [0.3, 0.4) is 0 Å². The Morgan fingerprint density at radius 3 is 2.54 bits per heavy atom. The lowest BCUT2D eigenvalue weighted by Gasteiger charge is -2.46. The number of rotatable bonds is 6. The second-order valence-corrected chi connectivity index (χ2v) is 10.7. The number of benzene rings is 1. The van der Waals surface area contributed by atoms with Gasteiger partial charge in [0.25, 0.3) is 5.91 Å². The molecule has 1 fully saturated rings. The van der Waals surface area contributed by atoms with Crippen molar-refractivity contribution in [2.24, 2.45) is 5.92 Å². The van der Waals surface area contributed by atoms with E-state index < -0.39 is 5.54 Å². The Labute approximate surface area is 210 Å². The molecule has 2 aromatic heterocycles. The molecule has 8 heteroatoms. The quantitative estimate of drug-likeness (QED) is 0.509. The largest absolute Gasteiger partial charge is 0.493 e. The molecule has 1 atom stereocenters. The first kappa shape index (κ1) is 23.7. The summed E-state index contributed by atoms with van der Waals surface area (Å²) < 4.78 is 14.0. The summed E-state index contributed by atoms with van der Waals surface area (Å²) in [4.78, 5) is 29.9. The van der Waals surface area contributed by atoms with Crippen LogP contribution in [0.5, 0.6) is 11.5 Å². The molecule has 1 N–H and O–H groups in total. The fourth-order valence-corrected chi connectivity index (χ4v) is 6.44. The number of ether oxygens (including phenoxy) is 2. The number of nitrogens with one attached hydrogen (secondary N) is 1. The molecule has 1 aliphatic carbocycles. The van der Waals surface area contributed by atoms with E-state index in [0.717, 1.165) is 35.9 Å². The number of carbonyl (C=O) groups is 2. The van der Waals surface area contributed by atoms with Gasteiger partial charge in [0.2, 0.25) is 5.91 Å². The summed E-state index contributed by atoms with van der Waals surface area (Å²) in [5.41, 5.74) is 1.16. The van der Waals surface area contributed by atoms with Crippen LogP contribution in [0.25, 0.3) is 10.2 Å². The first-order chi connectivity index (χ1) is 16.9. The summed E-state index contributed by atoms with van der Waals surface area (Å²) >= 11 is 1.61. The average Bonchev–Trinajstić information content (AvgIpc) is 3.47. The molecule has 3 aromatic rings. The third-order valence-corrected chi connectivity index (χ3v) is 8.63. The Bertz CT molecular complexity index is 1260. The van der Waals surface area contributed by atoms with Crippen molar-refractivity contribution in [2.75, 3.05) is 19.1 Å². The van der Waals surface area contributed by atoms with Crippen molar-refractivity contribution in [2.45, 2.75) is 64.1 Å². The van der Waals surface area contributed by atoms with Gasteiger partial charge in [0.15, 0.2) is 11.5 Å². The Kier molecular flexibility index (Phi) is 6.25. The lowest BCUT2D eigenvalue weighted by molar-refractivity contribution is -0.128. The zero-order valence-corrected chi connectivity index (χ0v) is 21.6. The molecule has 5 rings (SSSR count). The van der Waals surface area contributed by atoms with Gasteiger partial charge in [0, 0.05) is 17.8 Å². The molecule has 0 spiro atoms. The average molecular weight is 496 g/mol. The predicted molar refractivity (Wildman–Crippen MR) is 139 cm³/mol. The van der Waals surface area contributed by atoms with E-state index in [0.29, 0.717) is 41.8 Å². The molecule has 3 heterocycles. The number of hydrogen-bond donors (Lipinski definition) is 1. The molecule has 0 bridgehead atoms. The molecule has 2 aliphatic rings. The zero-order valence-electron chi connectivity index (χ0n) is 20.8. The molecule has 186 valence electrons. The van der Waals surface area contributed by atoms with Gasteiger partial charge in [-0.05, 0) is 67.7 Å². The van der Waals surface area contributed by atoms with E-state index in [2.05, 4.69) is 12.2 Å². The van der Waals surface area contributed by atoms with Crippen molar-refractivity contribution in [1.82, 2.24) is 9.88 Å². The van der Waals surface area contributed by atoms with E-state index in [1.54, 1.807) is 42.6 Å². The van der Waals surface area contributed by atoms with Crippen molar-refractivity contribution in [1.29, 1.82) is 0 Å². The fourth-order valence-electron chi connectivity index (χ4n) is 5.62. The first-order valence-electron chi connectivity index (χ1n) is 12.4. The van der Waals surface area contributed by atoms with E-state index in [1.165, 1.54) is 0 Å². The van der Waals surface area contributed by atoms with Gasteiger partial charge in [-0.15, -0.1) is 11.3 Å². The number of fused-ring (bicyclic) bond motifs is 3. The monoisotopic (exact) mass is 495 g/mol. The molecule has 0 saturated heterocycles. The highest BCUT2D eigenvalue weighted by Crippen LogP contribution is 2.41. The van der Waals surface area contributed by atoms with Crippen molar-refractivity contribution >= 4 is 39.1 Å². The molecule has 7 nitrogen and oxygen atoms in total. The third-order valence-electron chi connectivity index (χ3n) is 7.78. The van der Waals surface area contributed by atoms with Crippen LogP contribution >= 0.6 is 11.3 Å². The number of hydrogen-bond acceptors (Lipinski definition) is 5. The van der Waals surface area contributed by atoms with Gasteiger partial charge in [-0.25, -0.2) is 0 Å². The van der Waals surface area contributed by atoms with Gasteiger partial charge in [0.1, 0.15) is 11.2 Å². The number of nitrogens with zero attached hydrogens (tertiary/aromatic N) is 2. The number of anilines is 1. The lowest BCUT2D eigenvalue weighted by Crippen LogP contribution is -2.66. The number of aromatic nitrogens is 1. The highest BCUT2D eigenvalue weighted by atomic mass is 32.1. The molecular formula is C27H33N3O4S. The Morgan fingerprint density at radius 1 is 1.11 bits per heavy atom. The van der Waals surface area contributed by atoms with E-state index >= 15 is 0 Å². The highest BCUT2D eigenvalue weighted by molar-refractivity contribution is 7.17. The van der Waals surface area contributed by atoms with Gasteiger partial charge >= 0.3 is 0 Å². The maximum atomic E-state index is 14.1. The zero-order chi connectivity index (χ0) is 24.7. The van der Waals surface area contributed by atoms with Crippen LogP contribution in [0.15, 0.2) is 35.7 Å². The van der Waals surface area contributed by atoms with Crippen LogP contribution in [0, 0.1) is 5.92 Å². The summed E-state index contributed by atoms with van der Waals surface area (Å²) in [6, 6.07) is 9.52. The molecule has 1 aliphatic heterocycles. The summed E-state index contributed by atoms with van der Waals surface area (Å²) in [5.74, 6) is 1.52. The Balaban J connectivity index is 1.62. The number of amides is 2. The van der Waals surface area contributed by atoms with E-state index in [9.17, 15) is 9.59 Å². The minimum absolute atomic E-state index is 0.0922. The highest BCUT2D eigenvalue weighted by Gasteiger charge is 2.51. The minimum atomic E-state index is -1.07. The van der Waals surface area contributed by atoms with E-state index in [4.69, 9.17) is 9.47 Å². The Hall–Kier alpha value is -3.00. The second-order valence-electron chi connectivity index (χ2n) is 9.78. The Morgan fingerprint density at radius 2 is 1.86 bits per heavy atom. The standard InChI is InChI=1S/C27H33N3O4S/c1-5-27(26(32)28-18-8-6-17(2)7-9-18)16-29-20-12-13-35-24(20)15-21(29)25(31)30(27)19-10-11-22(33-3)23(14-19)34-4/h10-15,17-18H,5-9,16H2,1-4H3,(H,28,32). The minimum Gasteiger partial charge on any atom is -0.493 e. The first-order valence-corrected chi connectivity index (χ1v) is 13.2. The van der Waals surface area contributed by atoms with Crippen molar-refractivity contribution < 1.29 is 19.1 Å². The van der Waals surface area contributed by atoms with Crippen LogP contribution in [0.4, 0.5) is 5.69 Å². The van der Waals surface area contributed by atoms with Gasteiger partial charge in [-0.1, -0.05) is 13.8 Å². The lowest BCUT2D eigenvalue weighted by atomic mass is 9.85. The van der Waals surface area contributed by atoms with Crippen LogP contribution in [0.1, 0.15) is 56.4 Å². The molecule has 1 saturated carbocycles. The normalized spacial score (nSPS) is 24.3. The molecule has 2 amide bonds. The van der Waals surface area contributed by atoms with Gasteiger partial charge in [0.05, 0.1) is 31.0 Å². The van der Waals surface area contributed by atoms with Crippen molar-refractivity contribution in [3.05, 3.63) is 41.4 Å². The van der Waals surface area contributed by atoms with Crippen LogP contribution < -0.4 is 19.7 Å². The van der Waals surface area contributed by atoms with Crippen molar-refractivity contribution in [3.8, 4) is 11.5 Å². The second kappa shape index (κ2) is 9.22. The van der Waals surface area contributed by atoms with Crippen LogP contribution in [-0.4, -0.2) is 42.2 Å². The molecule has 35 heavy (non-hydrogen) atoms. The molecule has 0 radical (unpaired) electrons. The summed E-state index contributed by atoms with van der Waals surface area (Å²) in [6.07, 6.45) is 4.64. The van der Waals surface area contributed by atoms with Gasteiger partial charge in [-0.2, -0.15) is 0 Å². The van der Waals surface area contributed by atoms with E-state index in [1.807, 2.05) is 35.1 Å². The fraction of sp³-hybridized carbons (Fsp3) is 0.481. The molecule has 1 unspecified atom stereocenters. The third kappa shape index (κ3) is 3.88. The van der Waals surface area contributed by atoms with Gasteiger partial charge < -0.3 is 19.4 Å². The van der Waals surface area contributed by atoms with E-state index in [-0.39, 0.29) is 17.9 Å². The smallest absolute Gasteiger partial charge is 0.275 e.